The van der Waals surface area contributed by atoms with Crippen LogP contribution in [0.4, 0.5) is 0 Å². The molecule has 150 valence electrons. The molecule has 0 atom stereocenters. The lowest BCUT2D eigenvalue weighted by Gasteiger charge is -2.16. The first-order valence-electron chi connectivity index (χ1n) is 9.48. The first-order valence-corrected chi connectivity index (χ1v) is 10.2. The van der Waals surface area contributed by atoms with Crippen LogP contribution in [0, 0.1) is 0 Å². The number of benzene rings is 1. The molecule has 0 aliphatic carbocycles. The number of nitrogens with zero attached hydrogens (tertiary/aromatic N) is 2. The topological polar surface area (TPSA) is 66.0 Å². The zero-order valence-corrected chi connectivity index (χ0v) is 17.3. The maximum Gasteiger partial charge on any atom is 0.222 e. The average molecular weight is 415 g/mol. The highest BCUT2D eigenvalue weighted by Gasteiger charge is 2.18. The second-order valence-electron chi connectivity index (χ2n) is 6.30. The van der Waals surface area contributed by atoms with Gasteiger partial charge in [0.1, 0.15) is 5.75 Å². The largest absolute Gasteiger partial charge is 0.492 e. The van der Waals surface area contributed by atoms with E-state index in [1.54, 1.807) is 18.2 Å². The Hall–Kier alpha value is -1.66. The van der Waals surface area contributed by atoms with Crippen molar-refractivity contribution in [1.82, 2.24) is 15.5 Å². The Kier molecular flexibility index (Phi) is 9.56. The van der Waals surface area contributed by atoms with E-state index < -0.39 is 0 Å². The first-order chi connectivity index (χ1) is 13.1. The fraction of sp³-hybridized carbons (Fsp3) is 0.579. The summed E-state index contributed by atoms with van der Waals surface area (Å²) in [5, 5.41) is 7.64. The lowest BCUT2D eigenvalue weighted by molar-refractivity contribution is -0.127. The molecule has 1 aromatic carbocycles. The number of carbonyl (C=O) groups is 1. The van der Waals surface area contributed by atoms with Crippen molar-refractivity contribution in [3.05, 3.63) is 28.2 Å². The number of aliphatic imine (C=N–C) groups is 1. The highest BCUT2D eigenvalue weighted by Crippen LogP contribution is 2.27. The van der Waals surface area contributed by atoms with E-state index in [0.717, 1.165) is 51.4 Å². The van der Waals surface area contributed by atoms with Gasteiger partial charge in [-0.15, -0.1) is 0 Å². The van der Waals surface area contributed by atoms with Gasteiger partial charge in [0, 0.05) is 50.6 Å². The molecule has 0 saturated carbocycles. The zero-order valence-electron chi connectivity index (χ0n) is 15.8. The smallest absolute Gasteiger partial charge is 0.222 e. The number of ether oxygens (including phenoxy) is 1. The quantitative estimate of drug-likeness (QED) is 0.350. The molecule has 1 amide bonds. The van der Waals surface area contributed by atoms with Crippen molar-refractivity contribution in [2.45, 2.75) is 32.6 Å². The van der Waals surface area contributed by atoms with Gasteiger partial charge in [-0.05, 0) is 38.0 Å². The molecule has 1 fully saturated rings. The molecule has 1 heterocycles. The van der Waals surface area contributed by atoms with Crippen LogP contribution < -0.4 is 15.4 Å². The summed E-state index contributed by atoms with van der Waals surface area (Å²) in [6, 6.07) is 5.19. The minimum atomic E-state index is 0.274. The SMILES string of the molecule is CCNC(=NCCCOc1ccc(Cl)cc1Cl)NCCCN1CCCC1=O. The Labute approximate surface area is 171 Å². The Morgan fingerprint density at radius 3 is 2.85 bits per heavy atom. The average Bonchev–Trinajstić information content (AvgIpc) is 3.04. The molecule has 0 spiro atoms. The molecule has 1 aliphatic rings. The molecule has 6 nitrogen and oxygen atoms in total. The van der Waals surface area contributed by atoms with E-state index >= 15 is 0 Å². The summed E-state index contributed by atoms with van der Waals surface area (Å²) >= 11 is 11.9. The van der Waals surface area contributed by atoms with Gasteiger partial charge in [0.15, 0.2) is 5.96 Å². The lowest BCUT2D eigenvalue weighted by atomic mass is 10.3. The third-order valence-electron chi connectivity index (χ3n) is 4.14. The number of amides is 1. The molecule has 0 aromatic heterocycles. The second kappa shape index (κ2) is 11.9. The predicted octanol–water partition coefficient (Wildman–Crippen LogP) is 3.33. The molecule has 27 heavy (non-hydrogen) atoms. The van der Waals surface area contributed by atoms with Gasteiger partial charge in [0.2, 0.25) is 5.91 Å². The molecule has 2 N–H and O–H groups in total. The van der Waals surface area contributed by atoms with Crippen LogP contribution in [0.5, 0.6) is 5.75 Å². The van der Waals surface area contributed by atoms with E-state index in [0.29, 0.717) is 35.4 Å². The minimum absolute atomic E-state index is 0.274. The maximum absolute atomic E-state index is 11.6. The first kappa shape index (κ1) is 21.6. The van der Waals surface area contributed by atoms with Crippen LogP contribution in [-0.2, 0) is 4.79 Å². The van der Waals surface area contributed by atoms with Crippen LogP contribution in [0.15, 0.2) is 23.2 Å². The van der Waals surface area contributed by atoms with Crippen molar-refractivity contribution < 1.29 is 9.53 Å². The van der Waals surface area contributed by atoms with Gasteiger partial charge in [-0.3, -0.25) is 9.79 Å². The van der Waals surface area contributed by atoms with E-state index in [2.05, 4.69) is 15.6 Å². The fourth-order valence-corrected chi connectivity index (χ4v) is 3.25. The van der Waals surface area contributed by atoms with Crippen molar-refractivity contribution in [3.8, 4) is 5.75 Å². The van der Waals surface area contributed by atoms with Gasteiger partial charge in [-0.25, -0.2) is 0 Å². The molecule has 0 bridgehead atoms. The van der Waals surface area contributed by atoms with E-state index in [-0.39, 0.29) is 5.91 Å². The number of rotatable bonds is 10. The van der Waals surface area contributed by atoms with Gasteiger partial charge >= 0.3 is 0 Å². The fourth-order valence-electron chi connectivity index (χ4n) is 2.79. The standard InChI is InChI=1S/C19H28Cl2N4O2/c1-2-22-19(23-9-4-12-25-11-3-6-18(25)26)24-10-5-13-27-17-8-7-15(20)14-16(17)21/h7-8,14H,2-6,9-13H2,1H3,(H2,22,23,24). The third-order valence-corrected chi connectivity index (χ3v) is 4.67. The Bertz CT molecular complexity index is 640. The normalized spacial score (nSPS) is 14.6. The Morgan fingerprint density at radius 1 is 1.30 bits per heavy atom. The second-order valence-corrected chi connectivity index (χ2v) is 7.15. The lowest BCUT2D eigenvalue weighted by Crippen LogP contribution is -2.39. The molecule has 8 heteroatoms. The summed E-state index contributed by atoms with van der Waals surface area (Å²) in [6.45, 7) is 6.49. The number of nitrogens with one attached hydrogen (secondary N) is 2. The van der Waals surface area contributed by atoms with Crippen molar-refractivity contribution in [2.24, 2.45) is 4.99 Å². The molecular formula is C19H28Cl2N4O2. The molecule has 0 unspecified atom stereocenters. The van der Waals surface area contributed by atoms with Crippen molar-refractivity contribution in [1.29, 1.82) is 0 Å². The van der Waals surface area contributed by atoms with Crippen molar-refractivity contribution >= 4 is 35.1 Å². The summed E-state index contributed by atoms with van der Waals surface area (Å²) in [5.41, 5.74) is 0. The van der Waals surface area contributed by atoms with Crippen LogP contribution in [0.3, 0.4) is 0 Å². The summed E-state index contributed by atoms with van der Waals surface area (Å²) in [7, 11) is 0. The predicted molar refractivity (Wildman–Crippen MR) is 111 cm³/mol. The molecule has 1 saturated heterocycles. The van der Waals surface area contributed by atoms with E-state index in [4.69, 9.17) is 27.9 Å². The Morgan fingerprint density at radius 2 is 2.15 bits per heavy atom. The van der Waals surface area contributed by atoms with Crippen molar-refractivity contribution in [3.63, 3.8) is 0 Å². The summed E-state index contributed by atoms with van der Waals surface area (Å²) in [6.07, 6.45) is 3.37. The summed E-state index contributed by atoms with van der Waals surface area (Å²) in [4.78, 5) is 18.1. The van der Waals surface area contributed by atoms with Gasteiger partial charge in [0.25, 0.3) is 0 Å². The number of hydrogen-bond donors (Lipinski definition) is 2. The highest BCUT2D eigenvalue weighted by molar-refractivity contribution is 6.35. The number of hydrogen-bond acceptors (Lipinski definition) is 3. The monoisotopic (exact) mass is 414 g/mol. The van der Waals surface area contributed by atoms with Crippen LogP contribution in [0.25, 0.3) is 0 Å². The number of likely N-dealkylation sites (tertiary alicyclic amines) is 1. The van der Waals surface area contributed by atoms with Gasteiger partial charge < -0.3 is 20.3 Å². The third kappa shape index (κ3) is 7.85. The minimum Gasteiger partial charge on any atom is -0.492 e. The summed E-state index contributed by atoms with van der Waals surface area (Å²) < 4.78 is 5.66. The molecular weight excluding hydrogens is 387 g/mol. The van der Waals surface area contributed by atoms with E-state index in [9.17, 15) is 4.79 Å². The van der Waals surface area contributed by atoms with Crippen LogP contribution >= 0.6 is 23.2 Å². The molecule has 2 rings (SSSR count). The molecule has 0 radical (unpaired) electrons. The van der Waals surface area contributed by atoms with Crippen LogP contribution in [-0.4, -0.2) is 56.1 Å². The van der Waals surface area contributed by atoms with E-state index in [1.165, 1.54) is 0 Å². The van der Waals surface area contributed by atoms with Gasteiger partial charge in [0.05, 0.1) is 11.6 Å². The summed E-state index contributed by atoms with van der Waals surface area (Å²) in [5.74, 6) is 1.69. The van der Waals surface area contributed by atoms with Gasteiger partial charge in [-0.1, -0.05) is 23.2 Å². The maximum atomic E-state index is 11.6. The number of guanidine groups is 1. The molecule has 1 aliphatic heterocycles. The zero-order chi connectivity index (χ0) is 19.5. The highest BCUT2D eigenvalue weighted by atomic mass is 35.5. The van der Waals surface area contributed by atoms with Crippen LogP contribution in [0.1, 0.15) is 32.6 Å². The number of halogens is 2. The number of carbonyl (C=O) groups excluding carboxylic acids is 1. The van der Waals surface area contributed by atoms with Gasteiger partial charge in [-0.2, -0.15) is 0 Å². The Balaban J connectivity index is 1.64. The van der Waals surface area contributed by atoms with Crippen molar-refractivity contribution in [2.75, 3.05) is 39.3 Å². The van der Waals surface area contributed by atoms with E-state index in [1.807, 2.05) is 11.8 Å². The molecule has 1 aromatic rings. The van der Waals surface area contributed by atoms with Crippen LogP contribution in [0.2, 0.25) is 10.0 Å².